The third kappa shape index (κ3) is 3.10. The largest absolute Gasteiger partial charge is 0.417 e. The van der Waals surface area contributed by atoms with Gasteiger partial charge in [0, 0.05) is 13.1 Å². The van der Waals surface area contributed by atoms with E-state index >= 15 is 0 Å². The van der Waals surface area contributed by atoms with Crippen molar-refractivity contribution in [3.63, 3.8) is 0 Å². The molecule has 1 amide bonds. The molecular formula is C15H13F4N3O2. The Kier molecular flexibility index (Phi) is 4.02. The van der Waals surface area contributed by atoms with E-state index in [0.717, 1.165) is 12.1 Å². The molecule has 1 fully saturated rings. The van der Waals surface area contributed by atoms with Crippen LogP contribution in [0.25, 0.3) is 0 Å². The lowest BCUT2D eigenvalue weighted by atomic mass is 10.1. The van der Waals surface area contributed by atoms with E-state index in [9.17, 15) is 22.4 Å². The van der Waals surface area contributed by atoms with Crippen LogP contribution in [-0.4, -0.2) is 34.0 Å². The average Bonchev–Trinajstić information content (AvgIpc) is 3.14. The van der Waals surface area contributed by atoms with Crippen LogP contribution in [0, 0.1) is 12.7 Å². The lowest BCUT2D eigenvalue weighted by Gasteiger charge is -2.19. The second kappa shape index (κ2) is 5.88. The molecular weight excluding hydrogens is 330 g/mol. The van der Waals surface area contributed by atoms with E-state index in [1.165, 1.54) is 4.90 Å². The molecule has 24 heavy (non-hydrogen) atoms. The van der Waals surface area contributed by atoms with Crippen molar-refractivity contribution < 1.29 is 26.9 Å². The van der Waals surface area contributed by atoms with Crippen molar-refractivity contribution in [1.29, 1.82) is 0 Å². The Labute approximate surface area is 134 Å². The Bertz CT molecular complexity index is 772. The first-order valence-corrected chi connectivity index (χ1v) is 7.22. The number of benzene rings is 1. The molecule has 1 aliphatic rings. The number of hydrogen-bond donors (Lipinski definition) is 0. The smallest absolute Gasteiger partial charge is 0.339 e. The third-order valence-electron chi connectivity index (χ3n) is 3.89. The summed E-state index contributed by atoms with van der Waals surface area (Å²) in [5.41, 5.74) is -1.84. The standard InChI is InChI=1S/C15H13F4N3O2/c1-8-20-13(24-21-8)9-4-5-22(7-9)14(23)11-3-2-10(16)6-12(11)15(17,18)19/h2-3,6,9H,4-5,7H2,1H3/t9-/m0/s1. The molecule has 1 aliphatic heterocycles. The highest BCUT2D eigenvalue weighted by molar-refractivity contribution is 5.96. The molecule has 1 aromatic heterocycles. The number of likely N-dealkylation sites (tertiary alicyclic amines) is 1. The predicted octanol–water partition coefficient (Wildman–Crippen LogP) is 3.17. The van der Waals surface area contributed by atoms with E-state index in [4.69, 9.17) is 4.52 Å². The van der Waals surface area contributed by atoms with Crippen molar-refractivity contribution in [2.24, 2.45) is 0 Å². The molecule has 0 radical (unpaired) electrons. The topological polar surface area (TPSA) is 59.2 Å². The zero-order valence-corrected chi connectivity index (χ0v) is 12.6. The van der Waals surface area contributed by atoms with Crippen LogP contribution < -0.4 is 0 Å². The molecule has 3 rings (SSSR count). The van der Waals surface area contributed by atoms with Crippen LogP contribution in [0.2, 0.25) is 0 Å². The van der Waals surface area contributed by atoms with Gasteiger partial charge in [0.05, 0.1) is 17.0 Å². The number of carbonyl (C=O) groups excluding carboxylic acids is 1. The summed E-state index contributed by atoms with van der Waals surface area (Å²) < 4.78 is 57.3. The van der Waals surface area contributed by atoms with Gasteiger partial charge < -0.3 is 9.42 Å². The fraction of sp³-hybridized carbons (Fsp3) is 0.400. The highest BCUT2D eigenvalue weighted by Gasteiger charge is 2.38. The Morgan fingerprint density at radius 1 is 1.38 bits per heavy atom. The van der Waals surface area contributed by atoms with Crippen LogP contribution in [0.3, 0.4) is 0 Å². The van der Waals surface area contributed by atoms with Crippen LogP contribution in [0.1, 0.15) is 40.0 Å². The maximum Gasteiger partial charge on any atom is 0.417 e. The summed E-state index contributed by atoms with van der Waals surface area (Å²) in [6.07, 6.45) is -4.30. The van der Waals surface area contributed by atoms with Gasteiger partial charge in [-0.25, -0.2) is 4.39 Å². The molecule has 128 valence electrons. The van der Waals surface area contributed by atoms with Gasteiger partial charge in [-0.15, -0.1) is 0 Å². The second-order valence-corrected chi connectivity index (χ2v) is 5.60. The molecule has 0 saturated carbocycles. The van der Waals surface area contributed by atoms with E-state index in [1.807, 2.05) is 0 Å². The minimum atomic E-state index is -4.81. The van der Waals surface area contributed by atoms with Gasteiger partial charge in [0.2, 0.25) is 5.89 Å². The zero-order valence-electron chi connectivity index (χ0n) is 12.6. The summed E-state index contributed by atoms with van der Waals surface area (Å²) in [5.74, 6) is -1.24. The molecule has 2 aromatic rings. The molecule has 0 spiro atoms. The second-order valence-electron chi connectivity index (χ2n) is 5.60. The lowest BCUT2D eigenvalue weighted by molar-refractivity contribution is -0.138. The Balaban J connectivity index is 1.83. The first-order valence-electron chi connectivity index (χ1n) is 7.22. The molecule has 0 N–H and O–H groups in total. The highest BCUT2D eigenvalue weighted by Crippen LogP contribution is 2.34. The van der Waals surface area contributed by atoms with Gasteiger partial charge in [-0.05, 0) is 31.5 Å². The van der Waals surface area contributed by atoms with Gasteiger partial charge in [-0.2, -0.15) is 18.2 Å². The van der Waals surface area contributed by atoms with Crippen LogP contribution in [0.15, 0.2) is 22.7 Å². The molecule has 9 heteroatoms. The van der Waals surface area contributed by atoms with Crippen molar-refractivity contribution in [3.05, 3.63) is 46.9 Å². The minimum absolute atomic E-state index is 0.176. The highest BCUT2D eigenvalue weighted by atomic mass is 19.4. The predicted molar refractivity (Wildman–Crippen MR) is 73.7 cm³/mol. The maximum atomic E-state index is 13.2. The van der Waals surface area contributed by atoms with Crippen molar-refractivity contribution in [2.75, 3.05) is 13.1 Å². The van der Waals surface area contributed by atoms with Crippen LogP contribution >= 0.6 is 0 Å². The number of rotatable bonds is 2. The number of aromatic nitrogens is 2. The molecule has 0 unspecified atom stereocenters. The summed E-state index contributed by atoms with van der Waals surface area (Å²) in [6, 6.07) is 2.05. The summed E-state index contributed by atoms with van der Waals surface area (Å²) >= 11 is 0. The maximum absolute atomic E-state index is 13.2. The van der Waals surface area contributed by atoms with E-state index in [-0.39, 0.29) is 19.0 Å². The van der Waals surface area contributed by atoms with Gasteiger partial charge in [-0.1, -0.05) is 5.16 Å². The Morgan fingerprint density at radius 3 is 2.75 bits per heavy atom. The third-order valence-corrected chi connectivity index (χ3v) is 3.89. The van der Waals surface area contributed by atoms with Gasteiger partial charge in [-0.3, -0.25) is 4.79 Å². The summed E-state index contributed by atoms with van der Waals surface area (Å²) in [4.78, 5) is 17.8. The van der Waals surface area contributed by atoms with Crippen LogP contribution in [-0.2, 0) is 6.18 Å². The number of halogens is 4. The number of amides is 1. The number of nitrogens with zero attached hydrogens (tertiary/aromatic N) is 3. The minimum Gasteiger partial charge on any atom is -0.339 e. The van der Waals surface area contributed by atoms with Gasteiger partial charge in [0.15, 0.2) is 5.82 Å². The number of carbonyl (C=O) groups is 1. The normalized spacial score (nSPS) is 18.2. The Morgan fingerprint density at radius 2 is 2.12 bits per heavy atom. The number of hydrogen-bond acceptors (Lipinski definition) is 4. The zero-order chi connectivity index (χ0) is 17.5. The summed E-state index contributed by atoms with van der Waals surface area (Å²) in [7, 11) is 0. The SMILES string of the molecule is Cc1noc([C@H]2CCN(C(=O)c3ccc(F)cc3C(F)(F)F)C2)n1. The lowest BCUT2D eigenvalue weighted by Crippen LogP contribution is -2.30. The van der Waals surface area contributed by atoms with Crippen molar-refractivity contribution in [3.8, 4) is 0 Å². The van der Waals surface area contributed by atoms with Crippen LogP contribution in [0.5, 0.6) is 0 Å². The summed E-state index contributed by atoms with van der Waals surface area (Å²) in [6.45, 7) is 2.09. The molecule has 0 aliphatic carbocycles. The van der Waals surface area contributed by atoms with E-state index < -0.39 is 29.0 Å². The summed E-state index contributed by atoms with van der Waals surface area (Å²) in [5, 5.41) is 3.67. The first kappa shape index (κ1) is 16.4. The number of alkyl halides is 3. The molecule has 0 bridgehead atoms. The number of aryl methyl sites for hydroxylation is 1. The van der Waals surface area contributed by atoms with E-state index in [0.29, 0.717) is 24.2 Å². The van der Waals surface area contributed by atoms with Crippen LogP contribution in [0.4, 0.5) is 17.6 Å². The molecule has 1 atom stereocenters. The Hall–Kier alpha value is -2.45. The van der Waals surface area contributed by atoms with Crippen molar-refractivity contribution >= 4 is 5.91 Å². The van der Waals surface area contributed by atoms with E-state index in [2.05, 4.69) is 10.1 Å². The molecule has 1 saturated heterocycles. The molecule has 1 aromatic carbocycles. The van der Waals surface area contributed by atoms with E-state index in [1.54, 1.807) is 6.92 Å². The molecule has 2 heterocycles. The van der Waals surface area contributed by atoms with Crippen molar-refractivity contribution in [2.45, 2.75) is 25.4 Å². The quantitative estimate of drug-likeness (QED) is 0.786. The van der Waals surface area contributed by atoms with Gasteiger partial charge in [0.25, 0.3) is 5.91 Å². The average molecular weight is 343 g/mol. The first-order chi connectivity index (χ1) is 11.3. The van der Waals surface area contributed by atoms with Gasteiger partial charge >= 0.3 is 6.18 Å². The fourth-order valence-electron chi connectivity index (χ4n) is 2.73. The molecule has 5 nitrogen and oxygen atoms in total. The van der Waals surface area contributed by atoms with Gasteiger partial charge in [0.1, 0.15) is 5.82 Å². The monoisotopic (exact) mass is 343 g/mol. The fourth-order valence-corrected chi connectivity index (χ4v) is 2.73. The van der Waals surface area contributed by atoms with Crippen molar-refractivity contribution in [1.82, 2.24) is 15.0 Å².